The molecule has 0 saturated carbocycles. The molecule has 0 spiro atoms. The number of rotatable bonds is 5. The van der Waals surface area contributed by atoms with Gasteiger partial charge in [-0.3, -0.25) is 4.79 Å². The number of sulfone groups is 1. The van der Waals surface area contributed by atoms with Crippen LogP contribution in [0.25, 0.3) is 0 Å². The molecule has 0 fully saturated rings. The van der Waals surface area contributed by atoms with E-state index in [0.717, 1.165) is 11.8 Å². The van der Waals surface area contributed by atoms with Gasteiger partial charge in [-0.1, -0.05) is 11.6 Å². The van der Waals surface area contributed by atoms with E-state index in [-0.39, 0.29) is 16.2 Å². The molecule has 0 aliphatic carbocycles. The molecule has 25 heavy (non-hydrogen) atoms. The fourth-order valence-corrected chi connectivity index (χ4v) is 3.24. The zero-order valence-electron chi connectivity index (χ0n) is 14.2. The van der Waals surface area contributed by atoms with Crippen molar-refractivity contribution in [1.82, 2.24) is 0 Å². The molecule has 0 aliphatic heterocycles. The molecule has 1 amide bonds. The second-order valence-electron chi connectivity index (χ2n) is 5.39. The van der Waals surface area contributed by atoms with Crippen LogP contribution >= 0.6 is 11.6 Å². The Balaban J connectivity index is 2.41. The Kier molecular flexibility index (Phi) is 5.59. The van der Waals surface area contributed by atoms with E-state index in [9.17, 15) is 13.2 Å². The van der Waals surface area contributed by atoms with E-state index < -0.39 is 15.7 Å². The summed E-state index contributed by atoms with van der Waals surface area (Å²) in [6, 6.07) is 7.48. The summed E-state index contributed by atoms with van der Waals surface area (Å²) < 4.78 is 34.0. The van der Waals surface area contributed by atoms with Crippen molar-refractivity contribution < 1.29 is 22.7 Å². The van der Waals surface area contributed by atoms with Crippen molar-refractivity contribution in [2.75, 3.05) is 25.8 Å². The Hall–Kier alpha value is -2.25. The Bertz CT molecular complexity index is 925. The number of methoxy groups -OCH3 is 2. The predicted octanol–water partition coefficient (Wildman–Crippen LogP) is 3.32. The lowest BCUT2D eigenvalue weighted by Crippen LogP contribution is -2.14. The highest BCUT2D eigenvalue weighted by Gasteiger charge is 2.18. The maximum Gasteiger partial charge on any atom is 0.255 e. The summed E-state index contributed by atoms with van der Waals surface area (Å²) in [6.45, 7) is 1.80. The lowest BCUT2D eigenvalue weighted by atomic mass is 10.1. The van der Waals surface area contributed by atoms with E-state index in [1.165, 1.54) is 32.4 Å². The first-order chi connectivity index (χ1) is 11.7. The van der Waals surface area contributed by atoms with Gasteiger partial charge in [-0.25, -0.2) is 8.42 Å². The van der Waals surface area contributed by atoms with Crippen molar-refractivity contribution in [1.29, 1.82) is 0 Å². The van der Waals surface area contributed by atoms with Crippen LogP contribution in [0.1, 0.15) is 15.9 Å². The van der Waals surface area contributed by atoms with E-state index in [1.54, 1.807) is 19.1 Å². The number of benzene rings is 2. The fraction of sp³-hybridized carbons (Fsp3) is 0.235. The third kappa shape index (κ3) is 4.24. The minimum Gasteiger partial charge on any atom is -0.495 e. The summed E-state index contributed by atoms with van der Waals surface area (Å²) in [7, 11) is -0.716. The molecule has 134 valence electrons. The number of ether oxygens (including phenoxy) is 2. The van der Waals surface area contributed by atoms with E-state index in [0.29, 0.717) is 16.5 Å². The quantitative estimate of drug-likeness (QED) is 0.856. The number of halogens is 1. The molecule has 0 saturated heterocycles. The van der Waals surface area contributed by atoms with Crippen LogP contribution in [0.15, 0.2) is 35.2 Å². The van der Waals surface area contributed by atoms with Crippen molar-refractivity contribution in [3.05, 3.63) is 46.5 Å². The van der Waals surface area contributed by atoms with Gasteiger partial charge >= 0.3 is 0 Å². The number of amides is 1. The lowest BCUT2D eigenvalue weighted by Gasteiger charge is -2.13. The van der Waals surface area contributed by atoms with Gasteiger partial charge in [0.15, 0.2) is 9.84 Å². The van der Waals surface area contributed by atoms with Gasteiger partial charge in [-0.15, -0.1) is 0 Å². The molecule has 0 unspecified atom stereocenters. The number of nitrogens with one attached hydrogen (secondary N) is 1. The van der Waals surface area contributed by atoms with Crippen LogP contribution in [-0.2, 0) is 9.84 Å². The number of hydrogen-bond acceptors (Lipinski definition) is 5. The number of anilines is 1. The van der Waals surface area contributed by atoms with E-state index in [1.807, 2.05) is 0 Å². The van der Waals surface area contributed by atoms with Crippen molar-refractivity contribution >= 4 is 33.0 Å². The van der Waals surface area contributed by atoms with Crippen LogP contribution in [0, 0.1) is 6.92 Å². The van der Waals surface area contributed by atoms with Gasteiger partial charge in [0, 0.05) is 22.9 Å². The average molecular weight is 384 g/mol. The largest absolute Gasteiger partial charge is 0.495 e. The molecular formula is C17H18ClNO5S. The third-order valence-electron chi connectivity index (χ3n) is 3.55. The van der Waals surface area contributed by atoms with E-state index >= 15 is 0 Å². The lowest BCUT2D eigenvalue weighted by molar-refractivity contribution is 0.102. The standard InChI is InChI=1S/C17H18ClNO5S/c1-10-7-13(15(24-3)9-12(10)18)19-17(20)11-5-6-14(23-2)16(8-11)25(4,21)22/h5-9H,1-4H3,(H,19,20). The second kappa shape index (κ2) is 7.33. The maximum atomic E-state index is 12.5. The van der Waals surface area contributed by atoms with Crippen molar-refractivity contribution in [2.45, 2.75) is 11.8 Å². The third-order valence-corrected chi connectivity index (χ3v) is 5.08. The second-order valence-corrected chi connectivity index (χ2v) is 7.78. The molecule has 2 aromatic carbocycles. The maximum absolute atomic E-state index is 12.5. The van der Waals surface area contributed by atoms with Crippen LogP contribution in [0.3, 0.4) is 0 Å². The Morgan fingerprint density at radius 3 is 2.28 bits per heavy atom. The van der Waals surface area contributed by atoms with Crippen LogP contribution in [0.2, 0.25) is 5.02 Å². The summed E-state index contributed by atoms with van der Waals surface area (Å²) in [6.07, 6.45) is 1.05. The highest BCUT2D eigenvalue weighted by atomic mass is 35.5. The monoisotopic (exact) mass is 383 g/mol. The van der Waals surface area contributed by atoms with E-state index in [4.69, 9.17) is 21.1 Å². The predicted molar refractivity (Wildman–Crippen MR) is 96.8 cm³/mol. The van der Waals surface area contributed by atoms with Gasteiger partial charge in [0.25, 0.3) is 5.91 Å². The number of aryl methyl sites for hydroxylation is 1. The van der Waals surface area contributed by atoms with Gasteiger partial charge in [-0.05, 0) is 36.8 Å². The minimum atomic E-state index is -3.55. The van der Waals surface area contributed by atoms with Crippen molar-refractivity contribution in [3.63, 3.8) is 0 Å². The summed E-state index contributed by atoms with van der Waals surface area (Å²) in [5.41, 5.74) is 1.38. The molecule has 6 nitrogen and oxygen atoms in total. The topological polar surface area (TPSA) is 81.7 Å². The first kappa shape index (κ1) is 19.1. The average Bonchev–Trinajstić information content (AvgIpc) is 2.56. The summed E-state index contributed by atoms with van der Waals surface area (Å²) in [4.78, 5) is 12.5. The van der Waals surface area contributed by atoms with Crippen molar-refractivity contribution in [2.24, 2.45) is 0 Å². The first-order valence-corrected chi connectivity index (χ1v) is 9.48. The van der Waals surface area contributed by atoms with E-state index in [2.05, 4.69) is 5.32 Å². The zero-order valence-corrected chi connectivity index (χ0v) is 15.8. The van der Waals surface area contributed by atoms with Crippen LogP contribution in [0.4, 0.5) is 5.69 Å². The summed E-state index contributed by atoms with van der Waals surface area (Å²) >= 11 is 6.05. The molecule has 2 aromatic rings. The fourth-order valence-electron chi connectivity index (χ4n) is 2.23. The molecule has 0 bridgehead atoms. The number of hydrogen-bond donors (Lipinski definition) is 1. The van der Waals surface area contributed by atoms with Gasteiger partial charge in [0.1, 0.15) is 16.4 Å². The van der Waals surface area contributed by atoms with Crippen LogP contribution in [-0.4, -0.2) is 34.8 Å². The van der Waals surface area contributed by atoms with Crippen LogP contribution in [0.5, 0.6) is 11.5 Å². The summed E-state index contributed by atoms with van der Waals surface area (Å²) in [5, 5.41) is 3.22. The Morgan fingerprint density at radius 2 is 1.72 bits per heavy atom. The molecule has 0 atom stereocenters. The Morgan fingerprint density at radius 1 is 1.08 bits per heavy atom. The SMILES string of the molecule is COc1cc(Cl)c(C)cc1NC(=O)c1ccc(OC)c(S(C)(=O)=O)c1. The smallest absolute Gasteiger partial charge is 0.255 e. The molecule has 2 rings (SSSR count). The highest BCUT2D eigenvalue weighted by molar-refractivity contribution is 7.90. The molecule has 0 aromatic heterocycles. The van der Waals surface area contributed by atoms with Crippen molar-refractivity contribution in [3.8, 4) is 11.5 Å². The van der Waals surface area contributed by atoms with Gasteiger partial charge in [-0.2, -0.15) is 0 Å². The molecular weight excluding hydrogens is 366 g/mol. The molecule has 0 heterocycles. The number of carbonyl (C=O) groups is 1. The minimum absolute atomic E-state index is 0.0538. The number of carbonyl (C=O) groups excluding carboxylic acids is 1. The molecule has 0 radical (unpaired) electrons. The van der Waals surface area contributed by atoms with Gasteiger partial charge in [0.2, 0.25) is 0 Å². The van der Waals surface area contributed by atoms with Gasteiger partial charge < -0.3 is 14.8 Å². The van der Waals surface area contributed by atoms with Crippen LogP contribution < -0.4 is 14.8 Å². The summed E-state index contributed by atoms with van der Waals surface area (Å²) in [5.74, 6) is 0.104. The molecule has 1 N–H and O–H groups in total. The molecule has 0 aliphatic rings. The molecule has 8 heteroatoms. The normalized spacial score (nSPS) is 11.1. The van der Waals surface area contributed by atoms with Gasteiger partial charge in [0.05, 0.1) is 19.9 Å². The zero-order chi connectivity index (χ0) is 18.8. The first-order valence-electron chi connectivity index (χ1n) is 7.21. The highest BCUT2D eigenvalue weighted by Crippen LogP contribution is 2.32. The Labute approximate surface area is 151 Å².